The Balaban J connectivity index is 0.000000203. The van der Waals surface area contributed by atoms with E-state index in [9.17, 15) is 24.9 Å². The van der Waals surface area contributed by atoms with Crippen molar-refractivity contribution in [3.05, 3.63) is 12.2 Å². The molecule has 68 heavy (non-hydrogen) atoms. The van der Waals surface area contributed by atoms with Crippen LogP contribution in [0.15, 0.2) is 12.2 Å². The van der Waals surface area contributed by atoms with Crippen LogP contribution in [-0.4, -0.2) is 74.2 Å². The number of aliphatic hydroxyl groups is 3. The second kappa shape index (κ2) is 20.6. The number of allylic oxidation sites excluding steroid dienone is 1. The van der Waals surface area contributed by atoms with Crippen LogP contribution in [0, 0.1) is 116 Å². The van der Waals surface area contributed by atoms with Crippen LogP contribution in [0.2, 0.25) is 19.6 Å². The standard InChI is InChI=1S/C32H58O3Si.C27H44O5/c1-11-23-26-18-20(2)16-17-31(26,5)27-19-22(4)32(6)24(21(3)12-15-28(33)34-7)13-14-25(32)29(27)30(23)35-36(8,9)10;1-6-17-20-13-16(28)11-12-26(20,3)21-14-22(29)27(4)18(15(2)7-10-23(30)32-5)8-9-19(27)24(21)25(17)31/h20-27,29-30H,11-19H2,1-10H3;7,10,15-22,24-25,28-29,31H,6,8-9,11-14H2,1-5H3/b;10-7+/t20-,21-,22+,23-,24-,25+,26+,27+,29+,30-,31+,32-;15-,16-,17-,18-,19+,20+,21+,22+,24+,25-,26+,27-/m11/s1. The Bertz CT molecular complexity index is 1780. The molecule has 390 valence electrons. The number of methoxy groups -OCH3 is 2. The average molecular weight is 968 g/mol. The van der Waals surface area contributed by atoms with Crippen molar-refractivity contribution in [2.45, 2.75) is 216 Å². The molecule has 8 saturated carbocycles. The summed E-state index contributed by atoms with van der Waals surface area (Å²) in [6.07, 6.45) is 20.2. The third-order valence-electron chi connectivity index (χ3n) is 23.4. The lowest BCUT2D eigenvalue weighted by atomic mass is 9.39. The van der Waals surface area contributed by atoms with E-state index >= 15 is 0 Å². The van der Waals surface area contributed by atoms with E-state index < -0.39 is 14.4 Å². The van der Waals surface area contributed by atoms with E-state index in [-0.39, 0.29) is 64.6 Å². The fourth-order valence-corrected chi connectivity index (χ4v) is 21.1. The lowest BCUT2D eigenvalue weighted by molar-refractivity contribution is -0.227. The van der Waals surface area contributed by atoms with Gasteiger partial charge in [0.05, 0.1) is 38.6 Å². The van der Waals surface area contributed by atoms with Gasteiger partial charge in [-0.3, -0.25) is 4.79 Å². The molecule has 8 nitrogen and oxygen atoms in total. The number of carbonyl (C=O) groups is 2. The molecule has 8 fully saturated rings. The summed E-state index contributed by atoms with van der Waals surface area (Å²) in [5.74, 6) is 8.01. The van der Waals surface area contributed by atoms with Crippen LogP contribution < -0.4 is 0 Å². The lowest BCUT2D eigenvalue weighted by Crippen LogP contribution is -2.65. The number of rotatable bonds is 11. The summed E-state index contributed by atoms with van der Waals surface area (Å²) in [7, 11) is 1.23. The Labute approximate surface area is 416 Å². The first-order valence-electron chi connectivity index (χ1n) is 28.4. The lowest BCUT2D eigenvalue weighted by Gasteiger charge is -2.67. The van der Waals surface area contributed by atoms with Crippen molar-refractivity contribution < 1.29 is 38.8 Å². The summed E-state index contributed by atoms with van der Waals surface area (Å²) in [5, 5.41) is 33.8. The number of esters is 2. The first kappa shape index (κ1) is 54.5. The smallest absolute Gasteiger partial charge is 0.330 e. The molecule has 0 unspecified atom stereocenters. The second-order valence-corrected chi connectivity index (χ2v) is 31.7. The predicted molar refractivity (Wildman–Crippen MR) is 276 cm³/mol. The Morgan fingerprint density at radius 1 is 0.691 bits per heavy atom. The van der Waals surface area contributed by atoms with Gasteiger partial charge in [0.25, 0.3) is 0 Å². The van der Waals surface area contributed by atoms with Crippen molar-refractivity contribution in [2.24, 2.45) is 116 Å². The zero-order chi connectivity index (χ0) is 50.1. The van der Waals surface area contributed by atoms with Crippen molar-refractivity contribution in [1.29, 1.82) is 0 Å². The minimum Gasteiger partial charge on any atom is -0.469 e. The van der Waals surface area contributed by atoms with Crippen LogP contribution in [0.4, 0.5) is 0 Å². The van der Waals surface area contributed by atoms with Gasteiger partial charge in [-0.2, -0.15) is 0 Å². The minimum absolute atomic E-state index is 0.0505. The van der Waals surface area contributed by atoms with Gasteiger partial charge in [0.1, 0.15) is 0 Å². The van der Waals surface area contributed by atoms with E-state index in [1.165, 1.54) is 65.2 Å². The van der Waals surface area contributed by atoms with Gasteiger partial charge < -0.3 is 29.2 Å². The summed E-state index contributed by atoms with van der Waals surface area (Å²) in [5.41, 5.74) is 0.626. The summed E-state index contributed by atoms with van der Waals surface area (Å²) in [6.45, 7) is 31.6. The minimum atomic E-state index is -1.68. The van der Waals surface area contributed by atoms with Crippen molar-refractivity contribution >= 4 is 20.3 Å². The number of fused-ring (bicyclic) bond motifs is 10. The van der Waals surface area contributed by atoms with Crippen molar-refractivity contribution in [3.8, 4) is 0 Å². The maximum atomic E-state index is 11.9. The summed E-state index contributed by atoms with van der Waals surface area (Å²) >= 11 is 0. The van der Waals surface area contributed by atoms with Gasteiger partial charge >= 0.3 is 11.9 Å². The highest BCUT2D eigenvalue weighted by Gasteiger charge is 2.69. The number of aliphatic hydroxyl groups excluding tert-OH is 3. The number of hydrogen-bond donors (Lipinski definition) is 3. The Kier molecular flexibility index (Phi) is 16.5. The fourth-order valence-electron chi connectivity index (χ4n) is 19.9. The van der Waals surface area contributed by atoms with Crippen LogP contribution >= 0.6 is 0 Å². The maximum absolute atomic E-state index is 11.9. The summed E-state index contributed by atoms with van der Waals surface area (Å²) in [6, 6.07) is 0. The maximum Gasteiger partial charge on any atom is 0.330 e. The second-order valence-electron chi connectivity index (χ2n) is 27.3. The number of carbonyl (C=O) groups excluding carboxylic acids is 2. The molecule has 3 N–H and O–H groups in total. The van der Waals surface area contributed by atoms with E-state index in [1.807, 2.05) is 6.08 Å². The molecule has 0 spiro atoms. The van der Waals surface area contributed by atoms with Gasteiger partial charge in [-0.05, 0) is 208 Å². The van der Waals surface area contributed by atoms with Gasteiger partial charge in [-0.15, -0.1) is 0 Å². The first-order chi connectivity index (χ1) is 31.9. The van der Waals surface area contributed by atoms with Crippen molar-refractivity contribution in [1.82, 2.24) is 0 Å². The molecule has 0 amide bonds. The average Bonchev–Trinajstić information content (AvgIpc) is 3.84. The summed E-state index contributed by atoms with van der Waals surface area (Å²) in [4.78, 5) is 23.6. The Hall–Kier alpha value is -1.26. The molecule has 9 heteroatoms. The summed E-state index contributed by atoms with van der Waals surface area (Å²) < 4.78 is 17.1. The molecular formula is C59H102O8Si. The molecule has 0 aromatic rings. The molecule has 0 saturated heterocycles. The van der Waals surface area contributed by atoms with Gasteiger partial charge in [0.15, 0.2) is 8.32 Å². The first-order valence-corrected chi connectivity index (χ1v) is 31.8. The Morgan fingerprint density at radius 2 is 1.28 bits per heavy atom. The molecule has 0 aliphatic heterocycles. The molecule has 0 aromatic carbocycles. The van der Waals surface area contributed by atoms with E-state index in [0.717, 1.165) is 81.0 Å². The zero-order valence-electron chi connectivity index (χ0n) is 45.9. The Morgan fingerprint density at radius 3 is 1.88 bits per heavy atom. The van der Waals surface area contributed by atoms with Crippen LogP contribution in [0.1, 0.15) is 172 Å². The zero-order valence-corrected chi connectivity index (χ0v) is 46.9. The number of ether oxygens (including phenoxy) is 2. The molecule has 0 radical (unpaired) electrons. The molecule has 0 heterocycles. The monoisotopic (exact) mass is 967 g/mol. The fraction of sp³-hybridized carbons (Fsp3) is 0.932. The molecule has 0 aromatic heterocycles. The highest BCUT2D eigenvalue weighted by Crippen LogP contribution is 2.73. The molecule has 8 aliphatic rings. The molecule has 8 rings (SSSR count). The van der Waals surface area contributed by atoms with Gasteiger partial charge in [0, 0.05) is 17.9 Å². The SMILES string of the molecule is CC[C@H]1[C@@H](O)[C@@H]2[C@H](C[C@H](O)[C@]3(C)[C@@H]([C@H](C)/C=C/C(=O)OC)CC[C@@H]23)[C@@]2(C)CC[C@@H](O)C[C@@H]12.CC[C@H]1[C@@H](O[Si](C)(C)C)[C@@H]2[C@H](C[C@H](C)[C@]3(C)[C@@H]([C@H](C)CCC(=O)OC)CC[C@@H]23)[C@@]2(C)CC[C@@H](C)C[C@@H]12. The normalized spacial score (nSPS) is 49.4. The molecule has 8 aliphatic carbocycles. The van der Waals surface area contributed by atoms with Crippen LogP contribution in [-0.2, 0) is 23.5 Å². The van der Waals surface area contributed by atoms with Crippen molar-refractivity contribution in [3.63, 3.8) is 0 Å². The van der Waals surface area contributed by atoms with Crippen LogP contribution in [0.3, 0.4) is 0 Å². The largest absolute Gasteiger partial charge is 0.469 e. The molecule has 24 atom stereocenters. The van der Waals surface area contributed by atoms with Gasteiger partial charge in [-0.25, -0.2) is 4.79 Å². The quantitative estimate of drug-likeness (QED) is 0.106. The van der Waals surface area contributed by atoms with E-state index in [4.69, 9.17) is 13.9 Å². The molecular weight excluding hydrogens is 865 g/mol. The van der Waals surface area contributed by atoms with Crippen LogP contribution in [0.5, 0.6) is 0 Å². The van der Waals surface area contributed by atoms with Gasteiger partial charge in [0.2, 0.25) is 0 Å². The van der Waals surface area contributed by atoms with Crippen molar-refractivity contribution in [2.75, 3.05) is 14.2 Å². The van der Waals surface area contributed by atoms with Crippen LogP contribution in [0.25, 0.3) is 0 Å². The third-order valence-corrected chi connectivity index (χ3v) is 24.4. The predicted octanol–water partition coefficient (Wildman–Crippen LogP) is 12.5. The van der Waals surface area contributed by atoms with Gasteiger partial charge in [-0.1, -0.05) is 94.6 Å². The van der Waals surface area contributed by atoms with E-state index in [1.54, 1.807) is 0 Å². The topological polar surface area (TPSA) is 123 Å². The third kappa shape index (κ3) is 9.35. The van der Waals surface area contributed by atoms with E-state index in [0.29, 0.717) is 58.9 Å². The molecule has 0 bridgehead atoms. The number of hydrogen-bond acceptors (Lipinski definition) is 8. The van der Waals surface area contributed by atoms with E-state index in [2.05, 4.69) is 88.9 Å². The highest BCUT2D eigenvalue weighted by molar-refractivity contribution is 6.69. The highest BCUT2D eigenvalue weighted by atomic mass is 28.4.